The van der Waals surface area contributed by atoms with Gasteiger partial charge in [-0.3, -0.25) is 4.79 Å². The number of carbonyl (C=O) groups excluding carboxylic acids is 1. The Morgan fingerprint density at radius 1 is 1.33 bits per heavy atom. The van der Waals surface area contributed by atoms with E-state index in [-0.39, 0.29) is 5.91 Å². The highest BCUT2D eigenvalue weighted by atomic mass is 32.1. The summed E-state index contributed by atoms with van der Waals surface area (Å²) in [7, 11) is 0. The molecule has 0 aliphatic heterocycles. The summed E-state index contributed by atoms with van der Waals surface area (Å²) in [5.41, 5.74) is -0.269. The van der Waals surface area contributed by atoms with E-state index in [1.165, 1.54) is 11.3 Å². The van der Waals surface area contributed by atoms with Crippen LogP contribution in [0.5, 0.6) is 0 Å². The van der Waals surface area contributed by atoms with Crippen molar-refractivity contribution in [3.8, 4) is 0 Å². The summed E-state index contributed by atoms with van der Waals surface area (Å²) in [5, 5.41) is 29.9. The Kier molecular flexibility index (Phi) is 5.28. The summed E-state index contributed by atoms with van der Waals surface area (Å²) in [6, 6.07) is 1.80. The minimum Gasteiger partial charge on any atom is -0.394 e. The van der Waals surface area contributed by atoms with Gasteiger partial charge < -0.3 is 20.6 Å². The fourth-order valence-electron chi connectivity index (χ4n) is 1.55. The molecule has 0 atom stereocenters. The van der Waals surface area contributed by atoms with Crippen molar-refractivity contribution in [2.24, 2.45) is 0 Å². The third kappa shape index (κ3) is 3.08. The van der Waals surface area contributed by atoms with Gasteiger partial charge in [0.2, 0.25) is 0 Å². The first kappa shape index (κ1) is 15.1. The molecule has 0 unspecified atom stereocenters. The number of hydrogen-bond acceptors (Lipinski definition) is 5. The lowest BCUT2D eigenvalue weighted by molar-refractivity contribution is 0.0377. The summed E-state index contributed by atoms with van der Waals surface area (Å²) in [5.74, 6) is -0.389. The maximum Gasteiger partial charge on any atom is 0.262 e. The first-order valence-corrected chi connectivity index (χ1v) is 6.58. The van der Waals surface area contributed by atoms with Gasteiger partial charge in [0.1, 0.15) is 5.54 Å². The monoisotopic (exact) mass is 273 g/mol. The van der Waals surface area contributed by atoms with Crippen molar-refractivity contribution in [3.63, 3.8) is 0 Å². The topological polar surface area (TPSA) is 89.8 Å². The number of rotatable bonds is 6. The van der Waals surface area contributed by atoms with E-state index in [1.807, 2.05) is 13.8 Å². The molecule has 0 radical (unpaired) electrons. The molecule has 0 saturated heterocycles. The highest BCUT2D eigenvalue weighted by Gasteiger charge is 2.30. The summed E-state index contributed by atoms with van der Waals surface area (Å²) in [4.78, 5) is 13.6. The van der Waals surface area contributed by atoms with E-state index in [0.717, 1.165) is 16.9 Å². The van der Waals surface area contributed by atoms with Gasteiger partial charge in [0.05, 0.1) is 24.7 Å². The molecule has 0 aliphatic carbocycles. The smallest absolute Gasteiger partial charge is 0.262 e. The lowest BCUT2D eigenvalue weighted by atomic mass is 10.0. The molecule has 1 amide bonds. The minimum absolute atomic E-state index is 0.389. The molecule has 1 aromatic heterocycles. The number of hydrogen-bond donors (Lipinski definition) is 4. The van der Waals surface area contributed by atoms with Crippen LogP contribution in [0.3, 0.4) is 0 Å². The fraction of sp³-hybridized carbons (Fsp3) is 0.583. The Morgan fingerprint density at radius 2 is 1.89 bits per heavy atom. The molecule has 1 aromatic rings. The zero-order valence-electron chi connectivity index (χ0n) is 10.6. The van der Waals surface area contributed by atoms with Crippen LogP contribution in [0.15, 0.2) is 6.07 Å². The second kappa shape index (κ2) is 6.29. The Morgan fingerprint density at radius 3 is 2.28 bits per heavy atom. The third-order valence-electron chi connectivity index (χ3n) is 2.91. The van der Waals surface area contributed by atoms with Crippen LogP contribution < -0.4 is 5.32 Å². The van der Waals surface area contributed by atoms with Gasteiger partial charge >= 0.3 is 0 Å². The van der Waals surface area contributed by atoms with Crippen molar-refractivity contribution < 1.29 is 20.1 Å². The number of thiophene rings is 1. The van der Waals surface area contributed by atoms with Crippen LogP contribution in [0.2, 0.25) is 0 Å². The van der Waals surface area contributed by atoms with Crippen molar-refractivity contribution >= 4 is 17.2 Å². The Hall–Kier alpha value is -0.950. The van der Waals surface area contributed by atoms with Crippen molar-refractivity contribution in [2.75, 3.05) is 19.8 Å². The van der Waals surface area contributed by atoms with E-state index >= 15 is 0 Å². The van der Waals surface area contributed by atoms with E-state index in [4.69, 9.17) is 15.3 Å². The molecule has 102 valence electrons. The Labute approximate surface area is 110 Å². The van der Waals surface area contributed by atoms with Crippen LogP contribution in [0, 0.1) is 6.92 Å². The number of aliphatic hydroxyl groups excluding tert-OH is 3. The molecule has 18 heavy (non-hydrogen) atoms. The van der Waals surface area contributed by atoms with Gasteiger partial charge in [-0.05, 0) is 25.0 Å². The molecular formula is C12H19NO4S. The molecule has 6 heteroatoms. The van der Waals surface area contributed by atoms with Crippen molar-refractivity contribution in [2.45, 2.75) is 25.8 Å². The molecule has 1 rings (SSSR count). The van der Waals surface area contributed by atoms with Crippen LogP contribution >= 0.6 is 11.3 Å². The summed E-state index contributed by atoms with van der Waals surface area (Å²) in [6.45, 7) is 2.40. The second-order valence-electron chi connectivity index (χ2n) is 4.25. The molecule has 0 fully saturated rings. The predicted octanol–water partition coefficient (Wildman–Crippen LogP) is 0.0644. The maximum absolute atomic E-state index is 12.0. The molecule has 5 nitrogen and oxygen atoms in total. The van der Waals surface area contributed by atoms with Gasteiger partial charge in [-0.15, -0.1) is 11.3 Å². The van der Waals surface area contributed by atoms with Crippen LogP contribution in [0.4, 0.5) is 0 Å². The number of amides is 1. The fourth-order valence-corrected chi connectivity index (χ4v) is 2.56. The molecule has 0 saturated carbocycles. The molecule has 0 aromatic carbocycles. The van der Waals surface area contributed by atoms with Gasteiger partial charge in [0.15, 0.2) is 0 Å². The molecule has 0 spiro atoms. The van der Waals surface area contributed by atoms with E-state index in [2.05, 4.69) is 5.32 Å². The number of aryl methyl sites for hydroxylation is 2. The third-order valence-corrected chi connectivity index (χ3v) is 4.00. The lowest BCUT2D eigenvalue weighted by Gasteiger charge is -2.28. The van der Waals surface area contributed by atoms with Crippen LogP contribution in [-0.4, -0.2) is 46.6 Å². The first-order valence-electron chi connectivity index (χ1n) is 5.76. The van der Waals surface area contributed by atoms with Crippen molar-refractivity contribution in [1.82, 2.24) is 5.32 Å². The van der Waals surface area contributed by atoms with Crippen molar-refractivity contribution in [3.05, 3.63) is 21.4 Å². The summed E-state index contributed by atoms with van der Waals surface area (Å²) < 4.78 is 0. The largest absolute Gasteiger partial charge is 0.394 e. The van der Waals surface area contributed by atoms with E-state index in [0.29, 0.717) is 4.88 Å². The predicted molar refractivity (Wildman–Crippen MR) is 69.9 cm³/mol. The summed E-state index contributed by atoms with van der Waals surface area (Å²) >= 11 is 1.36. The standard InChI is InChI=1S/C12H19NO4S/c1-3-9-4-10(18-8(9)2)11(17)13-12(5-14,6-15)7-16/h4,14-16H,3,5-7H2,1-2H3,(H,13,17). The van der Waals surface area contributed by atoms with Crippen LogP contribution in [0.25, 0.3) is 0 Å². The van der Waals surface area contributed by atoms with E-state index < -0.39 is 25.4 Å². The average molecular weight is 273 g/mol. The van der Waals surface area contributed by atoms with E-state index in [9.17, 15) is 4.79 Å². The molecule has 4 N–H and O–H groups in total. The maximum atomic E-state index is 12.0. The minimum atomic E-state index is -1.37. The highest BCUT2D eigenvalue weighted by molar-refractivity contribution is 7.14. The zero-order valence-corrected chi connectivity index (χ0v) is 11.4. The van der Waals surface area contributed by atoms with Crippen molar-refractivity contribution in [1.29, 1.82) is 0 Å². The number of nitrogens with one attached hydrogen (secondary N) is 1. The zero-order chi connectivity index (χ0) is 13.8. The lowest BCUT2D eigenvalue weighted by Crippen LogP contribution is -2.56. The molecular weight excluding hydrogens is 254 g/mol. The number of aliphatic hydroxyl groups is 3. The van der Waals surface area contributed by atoms with Gasteiger partial charge in [0, 0.05) is 4.88 Å². The Bertz CT molecular complexity index is 404. The molecule has 0 aliphatic rings. The van der Waals surface area contributed by atoms with Crippen LogP contribution in [-0.2, 0) is 6.42 Å². The Balaban J connectivity index is 2.87. The SMILES string of the molecule is CCc1cc(C(=O)NC(CO)(CO)CO)sc1C. The summed E-state index contributed by atoms with van der Waals surface area (Å²) in [6.07, 6.45) is 0.848. The average Bonchev–Trinajstić information content (AvgIpc) is 2.77. The van der Waals surface area contributed by atoms with Crippen LogP contribution in [0.1, 0.15) is 27.0 Å². The number of carbonyl (C=O) groups is 1. The normalized spacial score (nSPS) is 11.6. The van der Waals surface area contributed by atoms with Gasteiger partial charge in [0.25, 0.3) is 5.91 Å². The quantitative estimate of drug-likeness (QED) is 0.590. The molecule has 0 bridgehead atoms. The first-order chi connectivity index (χ1) is 8.51. The van der Waals surface area contributed by atoms with E-state index in [1.54, 1.807) is 6.07 Å². The van der Waals surface area contributed by atoms with Gasteiger partial charge in [-0.25, -0.2) is 0 Å². The second-order valence-corrected chi connectivity index (χ2v) is 5.51. The molecule has 1 heterocycles. The van der Waals surface area contributed by atoms with Gasteiger partial charge in [-0.2, -0.15) is 0 Å². The van der Waals surface area contributed by atoms with Gasteiger partial charge in [-0.1, -0.05) is 6.92 Å². The highest BCUT2D eigenvalue weighted by Crippen LogP contribution is 2.22.